The van der Waals surface area contributed by atoms with Gasteiger partial charge in [-0.15, -0.1) is 11.3 Å². The van der Waals surface area contributed by atoms with Crippen LogP contribution >= 0.6 is 11.3 Å². The fourth-order valence-corrected chi connectivity index (χ4v) is 5.19. The van der Waals surface area contributed by atoms with Gasteiger partial charge in [0.05, 0.1) is 16.3 Å². The van der Waals surface area contributed by atoms with E-state index in [4.69, 9.17) is 9.47 Å². The van der Waals surface area contributed by atoms with E-state index in [1.807, 2.05) is 31.4 Å². The summed E-state index contributed by atoms with van der Waals surface area (Å²) in [5, 5.41) is 5.02. The summed E-state index contributed by atoms with van der Waals surface area (Å²) in [6, 6.07) is 10.6. The largest absolute Gasteiger partial charge is 0.486 e. The number of aromatic nitrogens is 1. The first kappa shape index (κ1) is 21.3. The molecule has 1 aliphatic rings. The summed E-state index contributed by atoms with van der Waals surface area (Å²) < 4.78 is 36.1. The number of sulfone groups is 1. The van der Waals surface area contributed by atoms with Gasteiger partial charge in [-0.1, -0.05) is 17.7 Å². The number of rotatable bonds is 6. The van der Waals surface area contributed by atoms with Crippen LogP contribution in [0.4, 0.5) is 5.13 Å². The number of aryl methyl sites for hydroxylation is 2. The van der Waals surface area contributed by atoms with Crippen LogP contribution < -0.4 is 14.8 Å². The summed E-state index contributed by atoms with van der Waals surface area (Å²) in [6.07, 6.45) is -0.171. The van der Waals surface area contributed by atoms with Gasteiger partial charge in [0.1, 0.15) is 13.2 Å². The second-order valence-electron chi connectivity index (χ2n) is 7.28. The van der Waals surface area contributed by atoms with E-state index in [0.29, 0.717) is 29.8 Å². The van der Waals surface area contributed by atoms with Crippen molar-refractivity contribution < 1.29 is 22.7 Å². The van der Waals surface area contributed by atoms with Gasteiger partial charge in [0.2, 0.25) is 5.91 Å². The molecular weight excluding hydrogens is 436 g/mol. The molecule has 1 amide bonds. The second kappa shape index (κ2) is 8.68. The van der Waals surface area contributed by atoms with Crippen LogP contribution in [0.3, 0.4) is 0 Å². The Kier molecular flexibility index (Phi) is 5.97. The summed E-state index contributed by atoms with van der Waals surface area (Å²) in [6.45, 7) is 4.83. The van der Waals surface area contributed by atoms with E-state index in [0.717, 1.165) is 22.4 Å². The Balaban J connectivity index is 1.39. The van der Waals surface area contributed by atoms with Gasteiger partial charge < -0.3 is 14.8 Å². The molecule has 3 aromatic rings. The minimum atomic E-state index is -3.64. The summed E-state index contributed by atoms with van der Waals surface area (Å²) in [5.74, 6) is 0.209. The van der Waals surface area contributed by atoms with E-state index < -0.39 is 15.7 Å². The third-order valence-electron chi connectivity index (χ3n) is 4.89. The zero-order valence-electron chi connectivity index (χ0n) is 17.2. The number of nitrogens with zero attached hydrogens (tertiary/aromatic N) is 1. The predicted octanol–water partition coefficient (Wildman–Crippen LogP) is 4.00. The number of hydrogen-bond donors (Lipinski definition) is 1. The Hall–Kier alpha value is -2.91. The average molecular weight is 459 g/mol. The van der Waals surface area contributed by atoms with Crippen LogP contribution in [0.5, 0.6) is 11.5 Å². The Morgan fingerprint density at radius 1 is 1.10 bits per heavy atom. The third-order valence-corrected chi connectivity index (χ3v) is 7.36. The van der Waals surface area contributed by atoms with Crippen LogP contribution in [-0.4, -0.2) is 38.3 Å². The maximum atomic E-state index is 12.6. The number of anilines is 1. The molecule has 2 heterocycles. The lowest BCUT2D eigenvalue weighted by Gasteiger charge is -2.18. The van der Waals surface area contributed by atoms with E-state index in [2.05, 4.69) is 16.4 Å². The number of amides is 1. The summed E-state index contributed by atoms with van der Waals surface area (Å²) in [4.78, 5) is 16.9. The number of carbonyl (C=O) groups excluding carboxylic acids is 1. The van der Waals surface area contributed by atoms with Crippen LogP contribution in [0.25, 0.3) is 11.3 Å². The highest BCUT2D eigenvalue weighted by atomic mass is 32.2. The molecular formula is C22H22N2O5S2. The standard InChI is InChI=1S/C22H22N2O5S2/c1-14-3-4-15(2)17(11-14)18-13-30-22(23-18)24-21(25)7-10-31(26,27)16-5-6-19-20(12-16)29-9-8-28-19/h3-6,11-13H,7-10H2,1-2H3,(H,23,24,25). The Labute approximate surface area is 185 Å². The highest BCUT2D eigenvalue weighted by Gasteiger charge is 2.21. The lowest BCUT2D eigenvalue weighted by Crippen LogP contribution is -2.18. The molecule has 31 heavy (non-hydrogen) atoms. The molecule has 0 fully saturated rings. The molecule has 1 aromatic heterocycles. The molecule has 0 spiro atoms. The van der Waals surface area contributed by atoms with Crippen LogP contribution in [-0.2, 0) is 14.6 Å². The van der Waals surface area contributed by atoms with E-state index in [1.54, 1.807) is 6.07 Å². The maximum Gasteiger partial charge on any atom is 0.227 e. The smallest absolute Gasteiger partial charge is 0.227 e. The average Bonchev–Trinajstić information content (AvgIpc) is 3.22. The minimum Gasteiger partial charge on any atom is -0.486 e. The Bertz CT molecular complexity index is 1230. The number of thiazole rings is 1. The van der Waals surface area contributed by atoms with Crippen molar-refractivity contribution in [2.24, 2.45) is 0 Å². The van der Waals surface area contributed by atoms with Crippen molar-refractivity contribution in [3.8, 4) is 22.8 Å². The third kappa shape index (κ3) is 4.88. The summed E-state index contributed by atoms with van der Waals surface area (Å²) in [7, 11) is -3.64. The molecule has 0 unspecified atom stereocenters. The molecule has 0 saturated heterocycles. The quantitative estimate of drug-likeness (QED) is 0.600. The lowest BCUT2D eigenvalue weighted by molar-refractivity contribution is -0.115. The zero-order chi connectivity index (χ0) is 22.0. The number of fused-ring (bicyclic) bond motifs is 1. The monoisotopic (exact) mass is 458 g/mol. The molecule has 7 nitrogen and oxygen atoms in total. The molecule has 0 saturated carbocycles. The van der Waals surface area contributed by atoms with Gasteiger partial charge in [-0.25, -0.2) is 13.4 Å². The highest BCUT2D eigenvalue weighted by Crippen LogP contribution is 2.33. The maximum absolute atomic E-state index is 12.6. The lowest BCUT2D eigenvalue weighted by atomic mass is 10.0. The van der Waals surface area contributed by atoms with Gasteiger partial charge in [0.25, 0.3) is 0 Å². The van der Waals surface area contributed by atoms with Crippen molar-refractivity contribution in [1.82, 2.24) is 4.98 Å². The fraction of sp³-hybridized carbons (Fsp3) is 0.273. The molecule has 0 bridgehead atoms. The van der Waals surface area contributed by atoms with E-state index >= 15 is 0 Å². The molecule has 0 aliphatic carbocycles. The van der Waals surface area contributed by atoms with Crippen LogP contribution in [0, 0.1) is 13.8 Å². The minimum absolute atomic E-state index is 0.107. The van der Waals surface area contributed by atoms with Gasteiger partial charge in [0, 0.05) is 23.4 Å². The van der Waals surface area contributed by atoms with Gasteiger partial charge in [-0.3, -0.25) is 4.79 Å². The van der Waals surface area contributed by atoms with E-state index in [9.17, 15) is 13.2 Å². The van der Waals surface area contributed by atoms with Crippen molar-refractivity contribution in [1.29, 1.82) is 0 Å². The normalized spacial score (nSPS) is 13.1. The van der Waals surface area contributed by atoms with Gasteiger partial charge in [0.15, 0.2) is 26.5 Å². The predicted molar refractivity (Wildman–Crippen MR) is 120 cm³/mol. The Morgan fingerprint density at radius 2 is 1.87 bits per heavy atom. The van der Waals surface area contributed by atoms with Gasteiger partial charge >= 0.3 is 0 Å². The number of hydrogen-bond acceptors (Lipinski definition) is 7. The van der Waals surface area contributed by atoms with Crippen molar-refractivity contribution >= 4 is 32.2 Å². The van der Waals surface area contributed by atoms with Crippen molar-refractivity contribution in [2.75, 3.05) is 24.3 Å². The topological polar surface area (TPSA) is 94.6 Å². The van der Waals surface area contributed by atoms with Crippen molar-refractivity contribution in [2.45, 2.75) is 25.2 Å². The molecule has 1 aliphatic heterocycles. The molecule has 9 heteroatoms. The van der Waals surface area contributed by atoms with Crippen molar-refractivity contribution in [3.05, 3.63) is 52.9 Å². The molecule has 1 N–H and O–H groups in total. The van der Waals surface area contributed by atoms with Crippen LogP contribution in [0.1, 0.15) is 17.5 Å². The number of carbonyl (C=O) groups is 1. The highest BCUT2D eigenvalue weighted by molar-refractivity contribution is 7.91. The molecule has 0 atom stereocenters. The molecule has 4 rings (SSSR count). The van der Waals surface area contributed by atoms with Crippen molar-refractivity contribution in [3.63, 3.8) is 0 Å². The van der Waals surface area contributed by atoms with E-state index in [1.165, 1.54) is 23.5 Å². The summed E-state index contributed by atoms with van der Waals surface area (Å²) in [5.41, 5.74) is 4.02. The molecule has 162 valence electrons. The van der Waals surface area contributed by atoms with Crippen LogP contribution in [0.15, 0.2) is 46.7 Å². The molecule has 0 radical (unpaired) electrons. The van der Waals surface area contributed by atoms with Gasteiger partial charge in [-0.2, -0.15) is 0 Å². The first-order chi connectivity index (χ1) is 14.8. The van der Waals surface area contributed by atoms with Crippen LogP contribution in [0.2, 0.25) is 0 Å². The fourth-order valence-electron chi connectivity index (χ4n) is 3.21. The first-order valence-corrected chi connectivity index (χ1v) is 12.3. The van der Waals surface area contributed by atoms with E-state index in [-0.39, 0.29) is 17.1 Å². The SMILES string of the molecule is Cc1ccc(C)c(-c2csc(NC(=O)CCS(=O)(=O)c3ccc4c(c3)OCCO4)n2)c1. The first-order valence-electron chi connectivity index (χ1n) is 9.77. The number of nitrogens with one attached hydrogen (secondary N) is 1. The zero-order valence-corrected chi connectivity index (χ0v) is 18.8. The number of benzene rings is 2. The number of ether oxygens (including phenoxy) is 2. The van der Waals surface area contributed by atoms with Gasteiger partial charge in [-0.05, 0) is 37.6 Å². The summed E-state index contributed by atoms with van der Waals surface area (Å²) >= 11 is 1.31. The Morgan fingerprint density at radius 3 is 2.68 bits per heavy atom. The second-order valence-corrected chi connectivity index (χ2v) is 10.2. The molecule has 2 aromatic carbocycles.